The number of piperidine rings is 1. The first kappa shape index (κ1) is 19.0. The Kier molecular flexibility index (Phi) is 5.47. The zero-order valence-corrected chi connectivity index (χ0v) is 15.9. The largest absolute Gasteiger partial charge is 0.243 e. The molecule has 0 saturated carbocycles. The highest BCUT2D eigenvalue weighted by atomic mass is 32.2. The second kappa shape index (κ2) is 7.48. The predicted molar refractivity (Wildman–Crippen MR) is 99.4 cm³/mol. The van der Waals surface area contributed by atoms with Crippen molar-refractivity contribution in [3.63, 3.8) is 0 Å². The van der Waals surface area contributed by atoms with Crippen LogP contribution in [0.3, 0.4) is 0 Å². The Bertz CT molecular complexity index is 965. The van der Waals surface area contributed by atoms with Gasteiger partial charge in [-0.15, -0.1) is 0 Å². The fourth-order valence-electron chi connectivity index (χ4n) is 3.26. The molecule has 0 atom stereocenters. The van der Waals surface area contributed by atoms with Crippen molar-refractivity contribution in [1.29, 1.82) is 0 Å². The molecule has 0 unspecified atom stereocenters. The third-order valence-corrected chi connectivity index (χ3v) is 7.52. The molecule has 1 fully saturated rings. The van der Waals surface area contributed by atoms with Gasteiger partial charge in [0.1, 0.15) is 0 Å². The molecule has 2 aromatic carbocycles. The van der Waals surface area contributed by atoms with Crippen LogP contribution in [0.15, 0.2) is 64.4 Å². The molecule has 0 spiro atoms. The molecule has 0 aliphatic carbocycles. The third-order valence-electron chi connectivity index (χ3n) is 4.71. The van der Waals surface area contributed by atoms with E-state index in [-0.39, 0.29) is 9.79 Å². The summed E-state index contributed by atoms with van der Waals surface area (Å²) in [4.78, 5) is -0.233. The van der Waals surface area contributed by atoms with Crippen LogP contribution in [0.5, 0.6) is 0 Å². The van der Waals surface area contributed by atoms with E-state index in [1.54, 1.807) is 0 Å². The van der Waals surface area contributed by atoms with Crippen molar-refractivity contribution in [2.75, 3.05) is 13.1 Å². The molecule has 0 bridgehead atoms. The second-order valence-corrected chi connectivity index (χ2v) is 10.1. The average Bonchev–Trinajstić information content (AvgIpc) is 2.62. The molecule has 2 aromatic rings. The average molecular weight is 395 g/mol. The Labute approximate surface area is 154 Å². The fourth-order valence-corrected chi connectivity index (χ4v) is 5.41. The van der Waals surface area contributed by atoms with Crippen LogP contribution in [0.4, 0.5) is 0 Å². The van der Waals surface area contributed by atoms with Crippen molar-refractivity contribution in [2.24, 2.45) is 11.1 Å². The Hall–Kier alpha value is -1.74. The number of sulfonamides is 2. The zero-order chi connectivity index (χ0) is 18.8. The van der Waals surface area contributed by atoms with Gasteiger partial charge in [-0.1, -0.05) is 36.4 Å². The minimum atomic E-state index is -3.94. The van der Waals surface area contributed by atoms with E-state index in [2.05, 4.69) is 12.1 Å². The highest BCUT2D eigenvalue weighted by Gasteiger charge is 2.30. The van der Waals surface area contributed by atoms with Crippen molar-refractivity contribution in [3.8, 4) is 0 Å². The van der Waals surface area contributed by atoms with E-state index in [1.165, 1.54) is 28.1 Å². The molecule has 6 nitrogen and oxygen atoms in total. The first-order valence-electron chi connectivity index (χ1n) is 8.44. The summed E-state index contributed by atoms with van der Waals surface area (Å²) >= 11 is 0. The topological polar surface area (TPSA) is 97.5 Å². The van der Waals surface area contributed by atoms with Crippen LogP contribution in [0.2, 0.25) is 0 Å². The Morgan fingerprint density at radius 3 is 2.12 bits per heavy atom. The van der Waals surface area contributed by atoms with Gasteiger partial charge < -0.3 is 0 Å². The summed E-state index contributed by atoms with van der Waals surface area (Å²) in [7, 11) is -7.67. The van der Waals surface area contributed by atoms with Gasteiger partial charge in [-0.3, -0.25) is 0 Å². The Morgan fingerprint density at radius 2 is 1.50 bits per heavy atom. The Balaban J connectivity index is 1.70. The highest BCUT2D eigenvalue weighted by Crippen LogP contribution is 2.27. The summed E-state index contributed by atoms with van der Waals surface area (Å²) in [6.07, 6.45) is 2.50. The van der Waals surface area contributed by atoms with E-state index in [0.717, 1.165) is 25.3 Å². The molecule has 1 heterocycles. The molecule has 0 radical (unpaired) electrons. The fraction of sp³-hybridized carbons (Fsp3) is 0.333. The van der Waals surface area contributed by atoms with Crippen molar-refractivity contribution >= 4 is 20.0 Å². The number of rotatable bonds is 5. The lowest BCUT2D eigenvalue weighted by Crippen LogP contribution is -2.38. The standard InChI is InChI=1S/C18H22N2O4S2/c19-25(21,22)17-7-4-8-18(14-17)26(23,24)20-11-9-16(10-12-20)13-15-5-2-1-3-6-15/h1-8,14,16H,9-13H2,(H2,19,21,22). The van der Waals surface area contributed by atoms with E-state index in [0.29, 0.717) is 19.0 Å². The maximum Gasteiger partial charge on any atom is 0.243 e. The van der Waals surface area contributed by atoms with Crippen LogP contribution < -0.4 is 5.14 Å². The smallest absolute Gasteiger partial charge is 0.225 e. The van der Waals surface area contributed by atoms with E-state index < -0.39 is 20.0 Å². The number of hydrogen-bond donors (Lipinski definition) is 1. The van der Waals surface area contributed by atoms with Gasteiger partial charge in [-0.2, -0.15) is 4.31 Å². The number of primary sulfonamides is 1. The molecule has 0 amide bonds. The van der Waals surface area contributed by atoms with Gasteiger partial charge in [0.15, 0.2) is 0 Å². The van der Waals surface area contributed by atoms with Crippen molar-refractivity contribution < 1.29 is 16.8 Å². The molecule has 8 heteroatoms. The molecule has 3 rings (SSSR count). The van der Waals surface area contributed by atoms with Crippen LogP contribution in [-0.4, -0.2) is 34.2 Å². The van der Waals surface area contributed by atoms with Gasteiger partial charge in [0.05, 0.1) is 9.79 Å². The predicted octanol–water partition coefficient (Wildman–Crippen LogP) is 1.98. The van der Waals surface area contributed by atoms with Crippen LogP contribution >= 0.6 is 0 Å². The van der Waals surface area contributed by atoms with Crippen LogP contribution in [-0.2, 0) is 26.5 Å². The molecule has 26 heavy (non-hydrogen) atoms. The molecule has 1 aliphatic heterocycles. The molecular weight excluding hydrogens is 372 g/mol. The summed E-state index contributed by atoms with van der Waals surface area (Å²) in [6, 6.07) is 15.4. The van der Waals surface area contributed by atoms with Crippen LogP contribution in [0.25, 0.3) is 0 Å². The lowest BCUT2D eigenvalue weighted by atomic mass is 9.91. The van der Waals surface area contributed by atoms with Gasteiger partial charge >= 0.3 is 0 Å². The quantitative estimate of drug-likeness (QED) is 0.838. The SMILES string of the molecule is NS(=O)(=O)c1cccc(S(=O)(=O)N2CCC(Cc3ccccc3)CC2)c1. The Morgan fingerprint density at radius 1 is 0.885 bits per heavy atom. The second-order valence-electron chi connectivity index (χ2n) is 6.56. The zero-order valence-electron chi connectivity index (χ0n) is 14.3. The summed E-state index contributed by atoms with van der Waals surface area (Å²) < 4.78 is 50.0. The van der Waals surface area contributed by atoms with Gasteiger partial charge in [-0.25, -0.2) is 22.0 Å². The van der Waals surface area contributed by atoms with Gasteiger partial charge in [0.25, 0.3) is 0 Å². The maximum absolute atomic E-state index is 12.8. The highest BCUT2D eigenvalue weighted by molar-refractivity contribution is 7.90. The van der Waals surface area contributed by atoms with Crippen LogP contribution in [0, 0.1) is 5.92 Å². The molecule has 140 valence electrons. The maximum atomic E-state index is 12.8. The van der Waals surface area contributed by atoms with E-state index in [1.807, 2.05) is 18.2 Å². The number of nitrogens with zero attached hydrogens (tertiary/aromatic N) is 1. The van der Waals surface area contributed by atoms with E-state index in [9.17, 15) is 16.8 Å². The molecule has 0 aromatic heterocycles. The first-order chi connectivity index (χ1) is 12.3. The van der Waals surface area contributed by atoms with Crippen molar-refractivity contribution in [1.82, 2.24) is 4.31 Å². The van der Waals surface area contributed by atoms with Crippen molar-refractivity contribution in [3.05, 3.63) is 60.2 Å². The summed E-state index contributed by atoms with van der Waals surface area (Å²) in [5.41, 5.74) is 1.26. The summed E-state index contributed by atoms with van der Waals surface area (Å²) in [5, 5.41) is 5.10. The van der Waals surface area contributed by atoms with Crippen LogP contribution in [0.1, 0.15) is 18.4 Å². The lowest BCUT2D eigenvalue weighted by molar-refractivity contribution is 0.273. The lowest BCUT2D eigenvalue weighted by Gasteiger charge is -2.31. The molecular formula is C18H22N2O4S2. The monoisotopic (exact) mass is 394 g/mol. The minimum Gasteiger partial charge on any atom is -0.225 e. The van der Waals surface area contributed by atoms with Gasteiger partial charge in [-0.05, 0) is 48.9 Å². The molecule has 2 N–H and O–H groups in total. The minimum absolute atomic E-state index is 0.0365. The van der Waals surface area contributed by atoms with Gasteiger partial charge in [0, 0.05) is 13.1 Å². The third kappa shape index (κ3) is 4.32. The van der Waals surface area contributed by atoms with Crippen molar-refractivity contribution in [2.45, 2.75) is 29.1 Å². The first-order valence-corrected chi connectivity index (χ1v) is 11.4. The molecule has 1 aliphatic rings. The summed E-state index contributed by atoms with van der Waals surface area (Å²) in [6.45, 7) is 0.860. The molecule has 1 saturated heterocycles. The van der Waals surface area contributed by atoms with E-state index in [4.69, 9.17) is 5.14 Å². The van der Waals surface area contributed by atoms with E-state index >= 15 is 0 Å². The number of benzene rings is 2. The number of nitrogens with two attached hydrogens (primary N) is 1. The normalized spacial score (nSPS) is 17.3. The van der Waals surface area contributed by atoms with Gasteiger partial charge in [0.2, 0.25) is 20.0 Å². The number of hydrogen-bond acceptors (Lipinski definition) is 4. The summed E-state index contributed by atoms with van der Waals surface area (Å²) in [5.74, 6) is 0.444.